The summed E-state index contributed by atoms with van der Waals surface area (Å²) in [6.45, 7) is 7.64. The Bertz CT molecular complexity index is 314. The Morgan fingerprint density at radius 2 is 2.18 bits per heavy atom. The monoisotopic (exact) mass is 257 g/mol. The van der Waals surface area contributed by atoms with E-state index >= 15 is 0 Å². The molecular weight excluding hydrogens is 234 g/mol. The second kappa shape index (κ2) is 7.71. The molecule has 0 saturated heterocycles. The quantitative estimate of drug-likeness (QED) is 0.775. The number of aromatic nitrogens is 2. The summed E-state index contributed by atoms with van der Waals surface area (Å²) >= 11 is 1.71. The van der Waals surface area contributed by atoms with Crippen molar-refractivity contribution in [1.29, 1.82) is 0 Å². The highest BCUT2D eigenvalue weighted by atomic mass is 32.2. The van der Waals surface area contributed by atoms with Gasteiger partial charge in [-0.2, -0.15) is 16.7 Å². The number of nitrogens with one attached hydrogen (secondary N) is 1. The lowest BCUT2D eigenvalue weighted by molar-refractivity contribution is 0.325. The zero-order valence-corrected chi connectivity index (χ0v) is 12.0. The normalized spacial score (nSPS) is 13.2. The van der Waals surface area contributed by atoms with E-state index < -0.39 is 0 Å². The number of nitrogens with zero attached hydrogens (tertiary/aromatic N) is 2. The molecule has 0 spiro atoms. The highest BCUT2D eigenvalue weighted by Gasteiger charge is 2.17. The van der Waals surface area contributed by atoms with E-state index in [0.717, 1.165) is 36.9 Å². The van der Waals surface area contributed by atoms with Gasteiger partial charge >= 0.3 is 0 Å². The van der Waals surface area contributed by atoms with Crippen molar-refractivity contribution in [1.82, 2.24) is 15.5 Å². The Balaban J connectivity index is 2.52. The third kappa shape index (κ3) is 5.08. The molecule has 1 atom stereocenters. The van der Waals surface area contributed by atoms with Gasteiger partial charge in [0.2, 0.25) is 5.89 Å². The molecule has 4 nitrogen and oxygen atoms in total. The van der Waals surface area contributed by atoms with Crippen molar-refractivity contribution >= 4 is 11.8 Å². The predicted molar refractivity (Wildman–Crippen MR) is 72.1 cm³/mol. The number of hydrogen-bond acceptors (Lipinski definition) is 5. The first-order valence-corrected chi connectivity index (χ1v) is 7.60. The average molecular weight is 257 g/mol. The van der Waals surface area contributed by atoms with Crippen LogP contribution in [0.4, 0.5) is 0 Å². The van der Waals surface area contributed by atoms with Crippen LogP contribution in [0.1, 0.15) is 38.9 Å². The summed E-state index contributed by atoms with van der Waals surface area (Å²) in [7, 11) is 0. The molecule has 1 rings (SSSR count). The third-order valence-corrected chi connectivity index (χ3v) is 3.19. The molecule has 1 aromatic heterocycles. The minimum atomic E-state index is 0.414. The van der Waals surface area contributed by atoms with Crippen LogP contribution in [0.25, 0.3) is 0 Å². The molecule has 17 heavy (non-hydrogen) atoms. The summed E-state index contributed by atoms with van der Waals surface area (Å²) in [6, 6.07) is 0.414. The Morgan fingerprint density at radius 3 is 2.76 bits per heavy atom. The van der Waals surface area contributed by atoms with Gasteiger partial charge in [-0.3, -0.25) is 0 Å². The molecule has 0 radical (unpaired) electrons. The summed E-state index contributed by atoms with van der Waals surface area (Å²) in [5, 5.41) is 7.49. The van der Waals surface area contributed by atoms with E-state index in [2.05, 4.69) is 36.2 Å². The van der Waals surface area contributed by atoms with Crippen LogP contribution >= 0.6 is 11.8 Å². The van der Waals surface area contributed by atoms with E-state index in [1.54, 1.807) is 11.8 Å². The molecule has 0 aliphatic carbocycles. The van der Waals surface area contributed by atoms with Crippen LogP contribution in [0.5, 0.6) is 0 Å². The Labute approximate surface area is 108 Å². The van der Waals surface area contributed by atoms with Crippen molar-refractivity contribution in [3.63, 3.8) is 0 Å². The minimum absolute atomic E-state index is 0.414. The number of rotatable bonds is 8. The van der Waals surface area contributed by atoms with Gasteiger partial charge in [0, 0.05) is 12.5 Å². The lowest BCUT2D eigenvalue weighted by Gasteiger charge is -2.20. The second-order valence-electron chi connectivity index (χ2n) is 4.55. The van der Waals surface area contributed by atoms with Crippen molar-refractivity contribution < 1.29 is 4.52 Å². The molecule has 0 amide bonds. The molecule has 0 aromatic carbocycles. The van der Waals surface area contributed by atoms with E-state index in [9.17, 15) is 0 Å². The van der Waals surface area contributed by atoms with Gasteiger partial charge in [-0.15, -0.1) is 0 Å². The summed E-state index contributed by atoms with van der Waals surface area (Å²) < 4.78 is 5.26. The molecule has 1 unspecified atom stereocenters. The highest BCUT2D eigenvalue weighted by Crippen LogP contribution is 2.11. The van der Waals surface area contributed by atoms with Crippen LogP contribution in [-0.2, 0) is 12.2 Å². The SMILES string of the molecule is CCCNC(Cc1nc(CSC)no1)C(C)C. The molecule has 0 aliphatic rings. The maximum absolute atomic E-state index is 5.26. The van der Waals surface area contributed by atoms with E-state index in [1.165, 1.54) is 0 Å². The number of thioether (sulfide) groups is 1. The Morgan fingerprint density at radius 1 is 1.41 bits per heavy atom. The molecule has 1 aromatic rings. The fraction of sp³-hybridized carbons (Fsp3) is 0.833. The molecular formula is C12H23N3OS. The zero-order valence-electron chi connectivity index (χ0n) is 11.2. The minimum Gasteiger partial charge on any atom is -0.339 e. The molecule has 1 heterocycles. The van der Waals surface area contributed by atoms with Crippen molar-refractivity contribution in [2.75, 3.05) is 12.8 Å². The maximum atomic E-state index is 5.26. The predicted octanol–water partition coefficient (Wildman–Crippen LogP) is 2.50. The van der Waals surface area contributed by atoms with Gasteiger partial charge in [-0.25, -0.2) is 0 Å². The van der Waals surface area contributed by atoms with Crippen LogP contribution in [0, 0.1) is 5.92 Å². The average Bonchev–Trinajstić information content (AvgIpc) is 2.72. The summed E-state index contributed by atoms with van der Waals surface area (Å²) in [4.78, 5) is 4.39. The standard InChI is InChI=1S/C12H23N3OS/c1-5-6-13-10(9(2)3)7-12-14-11(8-17-4)15-16-12/h9-10,13H,5-8H2,1-4H3. The molecule has 0 bridgehead atoms. The van der Waals surface area contributed by atoms with E-state index in [0.29, 0.717) is 12.0 Å². The first-order chi connectivity index (χ1) is 8.17. The van der Waals surface area contributed by atoms with Gasteiger partial charge in [0.1, 0.15) is 0 Å². The van der Waals surface area contributed by atoms with Crippen molar-refractivity contribution in [3.05, 3.63) is 11.7 Å². The molecule has 0 saturated carbocycles. The van der Waals surface area contributed by atoms with Gasteiger partial charge in [-0.05, 0) is 25.1 Å². The van der Waals surface area contributed by atoms with Gasteiger partial charge in [0.15, 0.2) is 5.82 Å². The third-order valence-electron chi connectivity index (χ3n) is 2.64. The first kappa shape index (κ1) is 14.5. The molecule has 1 N–H and O–H groups in total. The molecule has 0 fully saturated rings. The van der Waals surface area contributed by atoms with Crippen LogP contribution in [0.3, 0.4) is 0 Å². The van der Waals surface area contributed by atoms with Gasteiger partial charge in [0.25, 0.3) is 0 Å². The topological polar surface area (TPSA) is 51.0 Å². The second-order valence-corrected chi connectivity index (χ2v) is 5.41. The largest absolute Gasteiger partial charge is 0.339 e. The van der Waals surface area contributed by atoms with Crippen molar-refractivity contribution in [2.45, 2.75) is 45.4 Å². The maximum Gasteiger partial charge on any atom is 0.228 e. The first-order valence-electron chi connectivity index (χ1n) is 6.21. The van der Waals surface area contributed by atoms with Crippen LogP contribution in [0.15, 0.2) is 4.52 Å². The van der Waals surface area contributed by atoms with Crippen LogP contribution < -0.4 is 5.32 Å². The van der Waals surface area contributed by atoms with E-state index in [1.807, 2.05) is 6.26 Å². The number of hydrogen-bond donors (Lipinski definition) is 1. The lowest BCUT2D eigenvalue weighted by atomic mass is 10.0. The summed E-state index contributed by atoms with van der Waals surface area (Å²) in [5.41, 5.74) is 0. The fourth-order valence-electron chi connectivity index (χ4n) is 1.62. The Hall–Kier alpha value is -0.550. The summed E-state index contributed by atoms with van der Waals surface area (Å²) in [5.74, 6) is 2.93. The van der Waals surface area contributed by atoms with E-state index in [4.69, 9.17) is 4.52 Å². The molecule has 5 heteroatoms. The van der Waals surface area contributed by atoms with Crippen LogP contribution in [-0.4, -0.2) is 29.0 Å². The zero-order chi connectivity index (χ0) is 12.7. The van der Waals surface area contributed by atoms with E-state index in [-0.39, 0.29) is 0 Å². The summed E-state index contributed by atoms with van der Waals surface area (Å²) in [6.07, 6.45) is 4.00. The van der Waals surface area contributed by atoms with Crippen molar-refractivity contribution in [3.8, 4) is 0 Å². The van der Waals surface area contributed by atoms with Gasteiger partial charge < -0.3 is 9.84 Å². The smallest absolute Gasteiger partial charge is 0.228 e. The van der Waals surface area contributed by atoms with Crippen molar-refractivity contribution in [2.24, 2.45) is 5.92 Å². The van der Waals surface area contributed by atoms with Gasteiger partial charge in [-0.1, -0.05) is 25.9 Å². The highest BCUT2D eigenvalue weighted by molar-refractivity contribution is 7.97. The molecule has 0 aliphatic heterocycles. The molecule has 98 valence electrons. The van der Waals surface area contributed by atoms with Gasteiger partial charge in [0.05, 0.1) is 5.75 Å². The van der Waals surface area contributed by atoms with Crippen LogP contribution in [0.2, 0.25) is 0 Å². The Kier molecular flexibility index (Phi) is 6.58. The lowest BCUT2D eigenvalue weighted by Crippen LogP contribution is -2.36. The fourth-order valence-corrected chi connectivity index (χ4v) is 2.00.